The lowest BCUT2D eigenvalue weighted by Gasteiger charge is -2.08. The van der Waals surface area contributed by atoms with Crippen LogP contribution in [0.2, 0.25) is 0 Å². The van der Waals surface area contributed by atoms with Crippen molar-refractivity contribution < 1.29 is 9.90 Å². The number of pyridine rings is 1. The number of aromatic carboxylic acids is 1. The molecule has 0 aliphatic carbocycles. The Balaban J connectivity index is 2.48. The van der Waals surface area contributed by atoms with Gasteiger partial charge in [0.15, 0.2) is 0 Å². The lowest BCUT2D eigenvalue weighted by atomic mass is 10.00. The van der Waals surface area contributed by atoms with Crippen LogP contribution >= 0.6 is 0 Å². The largest absolute Gasteiger partial charge is 0.478 e. The quantitative estimate of drug-likeness (QED) is 0.563. The van der Waals surface area contributed by atoms with E-state index in [-0.39, 0.29) is 11.3 Å². The van der Waals surface area contributed by atoms with Crippen LogP contribution in [0.3, 0.4) is 0 Å². The van der Waals surface area contributed by atoms with E-state index in [1.807, 2.05) is 0 Å². The summed E-state index contributed by atoms with van der Waals surface area (Å²) < 4.78 is 0. The summed E-state index contributed by atoms with van der Waals surface area (Å²) in [5, 5.41) is 17.0. The zero-order valence-corrected chi connectivity index (χ0v) is 9.42. The number of hydrogen-bond acceptors (Lipinski definition) is 4. The fourth-order valence-corrected chi connectivity index (χ4v) is 1.57. The van der Waals surface area contributed by atoms with Crippen LogP contribution < -0.4 is 5.73 Å². The molecule has 0 fully saturated rings. The van der Waals surface area contributed by atoms with E-state index in [4.69, 9.17) is 16.2 Å². The van der Waals surface area contributed by atoms with E-state index < -0.39 is 5.97 Å². The van der Waals surface area contributed by atoms with Gasteiger partial charge in [-0.05, 0) is 30.3 Å². The van der Waals surface area contributed by atoms with Gasteiger partial charge in [-0.2, -0.15) is 0 Å². The van der Waals surface area contributed by atoms with Crippen molar-refractivity contribution in [1.29, 1.82) is 5.41 Å². The topological polar surface area (TPSA) is 100 Å². The molecule has 1 aromatic heterocycles. The number of carboxylic acids is 1. The van der Waals surface area contributed by atoms with Gasteiger partial charge in [0, 0.05) is 29.2 Å². The SMILES string of the molecule is N=C(c1cccnc1)c1cc(C(=O)O)ccc1N. The number of aromatic nitrogens is 1. The minimum Gasteiger partial charge on any atom is -0.478 e. The van der Waals surface area contributed by atoms with Gasteiger partial charge >= 0.3 is 5.97 Å². The number of rotatable bonds is 3. The Morgan fingerprint density at radius 3 is 2.67 bits per heavy atom. The molecule has 0 atom stereocenters. The average Bonchev–Trinajstić information content (AvgIpc) is 2.39. The number of benzene rings is 1. The zero-order chi connectivity index (χ0) is 13.1. The van der Waals surface area contributed by atoms with E-state index in [1.165, 1.54) is 24.4 Å². The third-order valence-corrected chi connectivity index (χ3v) is 2.52. The Kier molecular flexibility index (Phi) is 3.05. The third-order valence-electron chi connectivity index (χ3n) is 2.52. The van der Waals surface area contributed by atoms with E-state index in [0.29, 0.717) is 16.8 Å². The average molecular weight is 241 g/mol. The molecular weight excluding hydrogens is 230 g/mol. The van der Waals surface area contributed by atoms with Crippen LogP contribution in [0.1, 0.15) is 21.5 Å². The summed E-state index contributed by atoms with van der Waals surface area (Å²) in [6.45, 7) is 0. The molecule has 0 amide bonds. The first-order valence-corrected chi connectivity index (χ1v) is 5.21. The molecule has 1 heterocycles. The van der Waals surface area contributed by atoms with Crippen molar-refractivity contribution in [3.05, 3.63) is 59.4 Å². The van der Waals surface area contributed by atoms with Crippen LogP contribution in [0.25, 0.3) is 0 Å². The number of carboxylic acid groups (broad SMARTS) is 1. The summed E-state index contributed by atoms with van der Waals surface area (Å²) in [4.78, 5) is 14.8. The summed E-state index contributed by atoms with van der Waals surface area (Å²) >= 11 is 0. The Bertz CT molecular complexity index is 609. The molecule has 0 saturated carbocycles. The number of nitrogens with one attached hydrogen (secondary N) is 1. The summed E-state index contributed by atoms with van der Waals surface area (Å²) in [5.74, 6) is -1.05. The van der Waals surface area contributed by atoms with Crippen LogP contribution in [0.4, 0.5) is 5.69 Å². The number of nitrogens with zero attached hydrogens (tertiary/aromatic N) is 1. The van der Waals surface area contributed by atoms with E-state index in [0.717, 1.165) is 0 Å². The molecule has 0 spiro atoms. The van der Waals surface area contributed by atoms with Crippen LogP contribution in [0.5, 0.6) is 0 Å². The number of carbonyl (C=O) groups is 1. The van der Waals surface area contributed by atoms with Gasteiger partial charge in [0.2, 0.25) is 0 Å². The maximum atomic E-state index is 10.9. The van der Waals surface area contributed by atoms with Crippen molar-refractivity contribution in [2.45, 2.75) is 0 Å². The first kappa shape index (κ1) is 11.8. The predicted octanol–water partition coefficient (Wildman–Crippen LogP) is 1.78. The molecule has 0 radical (unpaired) electrons. The molecule has 0 aliphatic rings. The highest BCUT2D eigenvalue weighted by Gasteiger charge is 2.12. The van der Waals surface area contributed by atoms with Gasteiger partial charge in [0.25, 0.3) is 0 Å². The number of nitrogen functional groups attached to an aromatic ring is 1. The molecule has 5 nitrogen and oxygen atoms in total. The monoisotopic (exact) mass is 241 g/mol. The lowest BCUT2D eigenvalue weighted by molar-refractivity contribution is 0.0697. The molecule has 5 heteroatoms. The van der Waals surface area contributed by atoms with E-state index in [2.05, 4.69) is 4.98 Å². The molecular formula is C13H11N3O2. The second-order valence-corrected chi connectivity index (χ2v) is 3.72. The predicted molar refractivity (Wildman–Crippen MR) is 68.0 cm³/mol. The summed E-state index contributed by atoms with van der Waals surface area (Å²) in [5.41, 5.74) is 7.38. The van der Waals surface area contributed by atoms with Gasteiger partial charge in [-0.25, -0.2) is 4.79 Å². The molecule has 1 aromatic carbocycles. The Hall–Kier alpha value is -2.69. The maximum Gasteiger partial charge on any atom is 0.335 e. The smallest absolute Gasteiger partial charge is 0.335 e. The normalized spacial score (nSPS) is 10.0. The molecule has 0 unspecified atom stereocenters. The fraction of sp³-hybridized carbons (Fsp3) is 0. The highest BCUT2D eigenvalue weighted by molar-refractivity contribution is 6.14. The highest BCUT2D eigenvalue weighted by Crippen LogP contribution is 2.18. The van der Waals surface area contributed by atoms with Crippen molar-refractivity contribution in [2.75, 3.05) is 5.73 Å². The first-order chi connectivity index (χ1) is 8.59. The standard InChI is InChI=1S/C13H11N3O2/c14-11-4-3-8(13(17)18)6-10(11)12(15)9-2-1-5-16-7-9/h1-7,15H,14H2,(H,17,18). The molecule has 4 N–H and O–H groups in total. The van der Waals surface area contributed by atoms with Crippen LogP contribution in [0, 0.1) is 5.41 Å². The molecule has 0 bridgehead atoms. The molecule has 2 aromatic rings. The molecule has 0 saturated heterocycles. The van der Waals surface area contributed by atoms with Gasteiger partial charge in [0.05, 0.1) is 11.3 Å². The maximum absolute atomic E-state index is 10.9. The van der Waals surface area contributed by atoms with Crippen molar-refractivity contribution in [1.82, 2.24) is 4.98 Å². The Morgan fingerprint density at radius 1 is 1.28 bits per heavy atom. The highest BCUT2D eigenvalue weighted by atomic mass is 16.4. The zero-order valence-electron chi connectivity index (χ0n) is 9.42. The van der Waals surface area contributed by atoms with Gasteiger partial charge in [-0.15, -0.1) is 0 Å². The summed E-state index contributed by atoms with van der Waals surface area (Å²) in [7, 11) is 0. The second-order valence-electron chi connectivity index (χ2n) is 3.72. The van der Waals surface area contributed by atoms with Crippen LogP contribution in [-0.4, -0.2) is 21.8 Å². The van der Waals surface area contributed by atoms with Gasteiger partial charge in [-0.3, -0.25) is 10.4 Å². The summed E-state index contributed by atoms with van der Waals surface area (Å²) in [6.07, 6.45) is 3.14. The Labute approximate surface area is 103 Å². The van der Waals surface area contributed by atoms with Crippen molar-refractivity contribution in [3.8, 4) is 0 Å². The van der Waals surface area contributed by atoms with Gasteiger partial charge in [0.1, 0.15) is 0 Å². The van der Waals surface area contributed by atoms with Gasteiger partial charge in [-0.1, -0.05) is 0 Å². The fourth-order valence-electron chi connectivity index (χ4n) is 1.57. The van der Waals surface area contributed by atoms with E-state index in [9.17, 15) is 4.79 Å². The summed E-state index contributed by atoms with van der Waals surface area (Å²) in [6, 6.07) is 7.73. The van der Waals surface area contributed by atoms with E-state index >= 15 is 0 Å². The molecule has 0 aliphatic heterocycles. The number of anilines is 1. The number of nitrogens with two attached hydrogens (primary N) is 1. The Morgan fingerprint density at radius 2 is 2.06 bits per heavy atom. The van der Waals surface area contributed by atoms with Crippen molar-refractivity contribution in [3.63, 3.8) is 0 Å². The third kappa shape index (κ3) is 2.20. The molecule has 90 valence electrons. The molecule has 18 heavy (non-hydrogen) atoms. The minimum absolute atomic E-state index is 0.104. The second kappa shape index (κ2) is 4.67. The van der Waals surface area contributed by atoms with Crippen molar-refractivity contribution in [2.24, 2.45) is 0 Å². The minimum atomic E-state index is -1.05. The van der Waals surface area contributed by atoms with Crippen LogP contribution in [-0.2, 0) is 0 Å². The van der Waals surface area contributed by atoms with E-state index in [1.54, 1.807) is 18.3 Å². The van der Waals surface area contributed by atoms with Gasteiger partial charge < -0.3 is 10.8 Å². The number of hydrogen-bond donors (Lipinski definition) is 3. The van der Waals surface area contributed by atoms with Crippen molar-refractivity contribution >= 4 is 17.4 Å². The van der Waals surface area contributed by atoms with Crippen LogP contribution in [0.15, 0.2) is 42.7 Å². The molecule has 2 rings (SSSR count). The lowest BCUT2D eigenvalue weighted by Crippen LogP contribution is -2.08. The first-order valence-electron chi connectivity index (χ1n) is 5.21.